The fraction of sp³-hybridized carbons (Fsp3) is 1.00. The molecule has 0 aliphatic heterocycles. The molecule has 0 aromatic carbocycles. The van der Waals surface area contributed by atoms with Crippen molar-refractivity contribution in [3.8, 4) is 0 Å². The van der Waals surface area contributed by atoms with Crippen LogP contribution in [0, 0.1) is 5.92 Å². The first-order chi connectivity index (χ1) is 8.22. The summed E-state index contributed by atoms with van der Waals surface area (Å²) in [7, 11) is 0. The molecule has 0 unspecified atom stereocenters. The molecule has 102 valence electrons. The molecule has 0 saturated heterocycles. The molecule has 1 aliphatic rings. The van der Waals surface area contributed by atoms with Crippen molar-refractivity contribution in [2.24, 2.45) is 11.7 Å². The lowest BCUT2D eigenvalue weighted by Gasteiger charge is -2.47. The highest BCUT2D eigenvalue weighted by atomic mass is 16.3. The van der Waals surface area contributed by atoms with Gasteiger partial charge in [-0.05, 0) is 44.6 Å². The van der Waals surface area contributed by atoms with E-state index in [-0.39, 0.29) is 12.1 Å². The number of hydrogen-bond acceptors (Lipinski definition) is 3. The highest BCUT2D eigenvalue weighted by Crippen LogP contribution is 2.37. The average Bonchev–Trinajstić information content (AvgIpc) is 2.38. The predicted molar refractivity (Wildman–Crippen MR) is 73.0 cm³/mol. The number of aliphatic hydroxyl groups excluding tert-OH is 1. The van der Waals surface area contributed by atoms with Crippen molar-refractivity contribution >= 4 is 0 Å². The Morgan fingerprint density at radius 3 is 2.29 bits per heavy atom. The highest BCUT2D eigenvalue weighted by Gasteiger charge is 2.38. The van der Waals surface area contributed by atoms with E-state index in [0.717, 1.165) is 32.0 Å². The Morgan fingerprint density at radius 2 is 1.88 bits per heavy atom. The van der Waals surface area contributed by atoms with Crippen LogP contribution in [0.3, 0.4) is 0 Å². The normalized spacial score (nSPS) is 29.8. The van der Waals surface area contributed by atoms with Gasteiger partial charge in [0.2, 0.25) is 0 Å². The molecular formula is C14H30N2O. The maximum atomic E-state index is 9.22. The number of hydrogen-bond donors (Lipinski definition) is 2. The number of nitrogens with zero attached hydrogens (tertiary/aromatic N) is 1. The van der Waals surface area contributed by atoms with E-state index in [1.165, 1.54) is 32.1 Å². The van der Waals surface area contributed by atoms with Crippen molar-refractivity contribution in [1.82, 2.24) is 4.90 Å². The van der Waals surface area contributed by atoms with E-state index in [9.17, 15) is 5.11 Å². The van der Waals surface area contributed by atoms with E-state index in [0.29, 0.717) is 0 Å². The van der Waals surface area contributed by atoms with Gasteiger partial charge in [0, 0.05) is 18.6 Å². The topological polar surface area (TPSA) is 49.5 Å². The first-order valence-electron chi connectivity index (χ1n) is 7.28. The van der Waals surface area contributed by atoms with E-state index in [1.54, 1.807) is 0 Å². The van der Waals surface area contributed by atoms with Gasteiger partial charge in [-0.25, -0.2) is 0 Å². The van der Waals surface area contributed by atoms with Crippen molar-refractivity contribution in [2.45, 2.75) is 57.9 Å². The minimum absolute atomic E-state index is 0.171. The Hall–Kier alpha value is -0.120. The summed E-state index contributed by atoms with van der Waals surface area (Å²) in [6.07, 6.45) is 7.47. The Bertz CT molecular complexity index is 194. The second kappa shape index (κ2) is 7.34. The summed E-state index contributed by atoms with van der Waals surface area (Å²) in [5, 5.41) is 9.22. The standard InChI is InChI=1S/C14H30N2O/c1-3-9-16(10-11-17)14(12-15)7-5-13(4-2)6-8-14/h13,17H,3-12,15H2,1-2H3. The molecule has 1 fully saturated rings. The van der Waals surface area contributed by atoms with Crippen LogP contribution < -0.4 is 5.73 Å². The van der Waals surface area contributed by atoms with Crippen LogP contribution in [0.25, 0.3) is 0 Å². The molecule has 0 amide bonds. The smallest absolute Gasteiger partial charge is 0.0558 e. The van der Waals surface area contributed by atoms with E-state index >= 15 is 0 Å². The van der Waals surface area contributed by atoms with Crippen LogP contribution >= 0.6 is 0 Å². The van der Waals surface area contributed by atoms with Crippen molar-refractivity contribution in [2.75, 3.05) is 26.2 Å². The van der Waals surface area contributed by atoms with Crippen molar-refractivity contribution in [3.05, 3.63) is 0 Å². The third-order valence-corrected chi connectivity index (χ3v) is 4.53. The third-order valence-electron chi connectivity index (χ3n) is 4.53. The summed E-state index contributed by atoms with van der Waals surface area (Å²) < 4.78 is 0. The third kappa shape index (κ3) is 3.67. The summed E-state index contributed by atoms with van der Waals surface area (Å²) >= 11 is 0. The zero-order valence-corrected chi connectivity index (χ0v) is 11.6. The minimum Gasteiger partial charge on any atom is -0.395 e. The Morgan fingerprint density at radius 1 is 1.24 bits per heavy atom. The zero-order valence-electron chi connectivity index (χ0n) is 11.6. The molecule has 3 heteroatoms. The van der Waals surface area contributed by atoms with Crippen LogP contribution in [0.1, 0.15) is 52.4 Å². The van der Waals surface area contributed by atoms with Crippen LogP contribution in [0.2, 0.25) is 0 Å². The van der Waals surface area contributed by atoms with Gasteiger partial charge >= 0.3 is 0 Å². The van der Waals surface area contributed by atoms with Crippen molar-refractivity contribution < 1.29 is 5.11 Å². The largest absolute Gasteiger partial charge is 0.395 e. The average molecular weight is 242 g/mol. The van der Waals surface area contributed by atoms with Gasteiger partial charge in [0.05, 0.1) is 6.61 Å². The van der Waals surface area contributed by atoms with Crippen LogP contribution in [0.4, 0.5) is 0 Å². The molecule has 0 aromatic rings. The fourth-order valence-electron chi connectivity index (χ4n) is 3.25. The van der Waals surface area contributed by atoms with Crippen LogP contribution in [-0.2, 0) is 0 Å². The highest BCUT2D eigenvalue weighted by molar-refractivity contribution is 4.95. The summed E-state index contributed by atoms with van der Waals surface area (Å²) in [6, 6.07) is 0. The first kappa shape index (κ1) is 14.9. The fourth-order valence-corrected chi connectivity index (χ4v) is 3.25. The van der Waals surface area contributed by atoms with Crippen molar-refractivity contribution in [3.63, 3.8) is 0 Å². The molecule has 17 heavy (non-hydrogen) atoms. The van der Waals surface area contributed by atoms with Gasteiger partial charge in [0.15, 0.2) is 0 Å². The van der Waals surface area contributed by atoms with Gasteiger partial charge in [-0.3, -0.25) is 4.90 Å². The van der Waals surface area contributed by atoms with Gasteiger partial charge in [-0.1, -0.05) is 20.3 Å². The van der Waals surface area contributed by atoms with Crippen LogP contribution in [0.5, 0.6) is 0 Å². The Balaban J connectivity index is 2.65. The van der Waals surface area contributed by atoms with E-state index in [4.69, 9.17) is 5.73 Å². The maximum Gasteiger partial charge on any atom is 0.0558 e. The van der Waals surface area contributed by atoms with Crippen LogP contribution in [-0.4, -0.2) is 41.8 Å². The molecule has 1 aliphatic carbocycles. The Kier molecular flexibility index (Phi) is 6.45. The minimum atomic E-state index is 0.171. The maximum absolute atomic E-state index is 9.22. The monoisotopic (exact) mass is 242 g/mol. The summed E-state index contributed by atoms with van der Waals surface area (Å²) in [5.74, 6) is 0.896. The molecule has 3 nitrogen and oxygen atoms in total. The van der Waals surface area contributed by atoms with Crippen molar-refractivity contribution in [1.29, 1.82) is 0 Å². The SMILES string of the molecule is CCCN(CCO)C1(CN)CCC(CC)CC1. The molecule has 0 bridgehead atoms. The molecule has 1 saturated carbocycles. The van der Waals surface area contributed by atoms with Gasteiger partial charge in [0.25, 0.3) is 0 Å². The lowest BCUT2D eigenvalue weighted by molar-refractivity contribution is 0.0287. The quantitative estimate of drug-likeness (QED) is 0.718. The molecule has 0 atom stereocenters. The Labute approximate surface area is 106 Å². The molecule has 3 N–H and O–H groups in total. The van der Waals surface area contributed by atoms with Gasteiger partial charge in [-0.15, -0.1) is 0 Å². The summed E-state index contributed by atoms with van der Waals surface area (Å²) in [5.41, 5.74) is 6.23. The number of β-amino-alcohol motifs (C(OH)–C–C–N with tert-alkyl or cyclic N) is 1. The molecule has 0 spiro atoms. The second-order valence-electron chi connectivity index (χ2n) is 5.49. The van der Waals surface area contributed by atoms with Gasteiger partial charge in [-0.2, -0.15) is 0 Å². The summed E-state index contributed by atoms with van der Waals surface area (Å²) in [6.45, 7) is 7.32. The lowest BCUT2D eigenvalue weighted by Crippen LogP contribution is -2.56. The molecular weight excluding hydrogens is 212 g/mol. The number of aliphatic hydroxyl groups is 1. The number of rotatable bonds is 7. The van der Waals surface area contributed by atoms with Crippen LogP contribution in [0.15, 0.2) is 0 Å². The van der Waals surface area contributed by atoms with E-state index in [2.05, 4.69) is 18.7 Å². The molecule has 0 aromatic heterocycles. The summed E-state index contributed by atoms with van der Waals surface area (Å²) in [4.78, 5) is 2.44. The second-order valence-corrected chi connectivity index (χ2v) is 5.49. The zero-order chi connectivity index (χ0) is 12.7. The number of nitrogens with two attached hydrogens (primary N) is 1. The molecule has 0 heterocycles. The molecule has 1 rings (SSSR count). The lowest BCUT2D eigenvalue weighted by atomic mass is 9.74. The van der Waals surface area contributed by atoms with E-state index in [1.807, 2.05) is 0 Å². The van der Waals surface area contributed by atoms with Gasteiger partial charge < -0.3 is 10.8 Å². The predicted octanol–water partition coefficient (Wildman–Crippen LogP) is 1.99. The van der Waals surface area contributed by atoms with Gasteiger partial charge in [0.1, 0.15) is 0 Å². The first-order valence-corrected chi connectivity index (χ1v) is 7.28. The van der Waals surface area contributed by atoms with E-state index < -0.39 is 0 Å². The molecule has 0 radical (unpaired) electrons.